The Morgan fingerprint density at radius 1 is 0.692 bits per heavy atom. The largest absolute Gasteiger partial charge is 0.504 e. The Balaban J connectivity index is 1.85. The molecule has 0 radical (unpaired) electrons. The maximum atomic E-state index is 12.4. The van der Waals surface area contributed by atoms with Crippen LogP contribution < -0.4 is 5.43 Å². The van der Waals surface area contributed by atoms with Gasteiger partial charge in [-0.1, -0.05) is 54.6 Å². The summed E-state index contributed by atoms with van der Waals surface area (Å²) in [5.41, 5.74) is 1.95. The molecule has 3 N–H and O–H groups in total. The van der Waals surface area contributed by atoms with Gasteiger partial charge in [0.2, 0.25) is 11.2 Å². The normalized spacial score (nSPS) is 10.9. The Bertz CT molecular complexity index is 1160. The van der Waals surface area contributed by atoms with E-state index in [9.17, 15) is 20.1 Å². The summed E-state index contributed by atoms with van der Waals surface area (Å²) >= 11 is 0. The van der Waals surface area contributed by atoms with Crippen LogP contribution in [-0.4, -0.2) is 15.3 Å². The number of benzene rings is 3. The summed E-state index contributed by atoms with van der Waals surface area (Å²) < 4.78 is 5.62. The van der Waals surface area contributed by atoms with Gasteiger partial charge in [-0.15, -0.1) is 0 Å². The number of hydrogen-bond acceptors (Lipinski definition) is 5. The molecule has 0 aliphatic carbocycles. The predicted octanol–water partition coefficient (Wildman–Crippen LogP) is 4.24. The van der Waals surface area contributed by atoms with Crippen molar-refractivity contribution >= 4 is 11.0 Å². The van der Waals surface area contributed by atoms with Crippen LogP contribution in [0.2, 0.25) is 0 Å². The molecule has 0 unspecified atom stereocenters. The first-order chi connectivity index (χ1) is 12.5. The third-order valence-electron chi connectivity index (χ3n) is 4.22. The Labute approximate surface area is 148 Å². The lowest BCUT2D eigenvalue weighted by atomic mass is 10.0. The van der Waals surface area contributed by atoms with Crippen molar-refractivity contribution in [2.75, 3.05) is 0 Å². The highest BCUT2D eigenvalue weighted by Gasteiger charge is 2.17. The summed E-state index contributed by atoms with van der Waals surface area (Å²) in [5, 5.41) is 29.4. The van der Waals surface area contributed by atoms with Crippen LogP contribution in [0.3, 0.4) is 0 Å². The topological polar surface area (TPSA) is 90.9 Å². The van der Waals surface area contributed by atoms with E-state index in [1.54, 1.807) is 12.1 Å². The monoisotopic (exact) mass is 346 g/mol. The third-order valence-corrected chi connectivity index (χ3v) is 4.22. The molecule has 3 aromatic carbocycles. The van der Waals surface area contributed by atoms with Crippen molar-refractivity contribution in [2.45, 2.75) is 0 Å². The molecule has 26 heavy (non-hydrogen) atoms. The summed E-state index contributed by atoms with van der Waals surface area (Å²) in [6.45, 7) is 0. The average Bonchev–Trinajstić information content (AvgIpc) is 2.67. The predicted molar refractivity (Wildman–Crippen MR) is 98.4 cm³/mol. The van der Waals surface area contributed by atoms with Crippen LogP contribution >= 0.6 is 0 Å². The van der Waals surface area contributed by atoms with E-state index in [0.717, 1.165) is 23.3 Å². The van der Waals surface area contributed by atoms with Gasteiger partial charge in [0.25, 0.3) is 0 Å². The Hall–Kier alpha value is -3.73. The van der Waals surface area contributed by atoms with Crippen molar-refractivity contribution in [3.8, 4) is 39.7 Å². The molecule has 0 atom stereocenters. The van der Waals surface area contributed by atoms with Crippen molar-refractivity contribution in [1.82, 2.24) is 0 Å². The fourth-order valence-corrected chi connectivity index (χ4v) is 2.85. The number of rotatable bonds is 2. The van der Waals surface area contributed by atoms with Gasteiger partial charge in [0, 0.05) is 11.6 Å². The van der Waals surface area contributed by atoms with Crippen LogP contribution in [0, 0.1) is 0 Å². The van der Waals surface area contributed by atoms with E-state index < -0.39 is 22.7 Å². The summed E-state index contributed by atoms with van der Waals surface area (Å²) in [6, 6.07) is 19.2. The van der Waals surface area contributed by atoms with Gasteiger partial charge < -0.3 is 19.7 Å². The first-order valence-electron chi connectivity index (χ1n) is 7.92. The van der Waals surface area contributed by atoms with Crippen LogP contribution in [0.15, 0.2) is 75.9 Å². The second-order valence-electron chi connectivity index (χ2n) is 5.89. The lowest BCUT2D eigenvalue weighted by molar-refractivity contribution is 0.403. The van der Waals surface area contributed by atoms with Gasteiger partial charge in [-0.2, -0.15) is 0 Å². The number of phenolic OH excluding ortho intramolecular Hbond substituents is 2. The number of fused-ring (bicyclic) bond motifs is 1. The van der Waals surface area contributed by atoms with E-state index in [1.165, 1.54) is 0 Å². The molecule has 5 nitrogen and oxygen atoms in total. The molecular formula is C21H14O5. The minimum absolute atomic E-state index is 0.00667. The molecule has 0 aliphatic rings. The molecule has 0 bridgehead atoms. The first-order valence-corrected chi connectivity index (χ1v) is 7.92. The average molecular weight is 346 g/mol. The minimum Gasteiger partial charge on any atom is -0.504 e. The number of hydrogen-bond donors (Lipinski definition) is 3. The second-order valence-corrected chi connectivity index (χ2v) is 5.89. The number of aromatic hydroxyl groups is 3. The maximum Gasteiger partial charge on any atom is 0.235 e. The molecule has 1 aromatic heterocycles. The molecule has 0 amide bonds. The van der Waals surface area contributed by atoms with Crippen LogP contribution in [0.4, 0.5) is 0 Å². The third kappa shape index (κ3) is 2.56. The van der Waals surface area contributed by atoms with Gasteiger partial charge in [-0.3, -0.25) is 4.79 Å². The fourth-order valence-electron chi connectivity index (χ4n) is 2.85. The van der Waals surface area contributed by atoms with Crippen LogP contribution in [0.1, 0.15) is 0 Å². The summed E-state index contributed by atoms with van der Waals surface area (Å²) in [7, 11) is 0. The molecule has 4 rings (SSSR count). The van der Waals surface area contributed by atoms with Crippen LogP contribution in [0.25, 0.3) is 33.4 Å². The van der Waals surface area contributed by atoms with Crippen molar-refractivity contribution in [3.63, 3.8) is 0 Å². The lowest BCUT2D eigenvalue weighted by Crippen LogP contribution is -2.02. The number of phenols is 2. The van der Waals surface area contributed by atoms with Crippen molar-refractivity contribution in [1.29, 1.82) is 0 Å². The zero-order valence-corrected chi connectivity index (χ0v) is 13.5. The molecule has 5 heteroatoms. The molecule has 0 fully saturated rings. The van der Waals surface area contributed by atoms with Crippen LogP contribution in [0.5, 0.6) is 17.2 Å². The van der Waals surface area contributed by atoms with Gasteiger partial charge in [0.15, 0.2) is 17.3 Å². The van der Waals surface area contributed by atoms with E-state index >= 15 is 0 Å². The Morgan fingerprint density at radius 2 is 1.27 bits per heavy atom. The van der Waals surface area contributed by atoms with Gasteiger partial charge in [-0.25, -0.2) is 0 Å². The maximum absolute atomic E-state index is 12.4. The van der Waals surface area contributed by atoms with Gasteiger partial charge in [0.05, 0.1) is 5.39 Å². The highest BCUT2D eigenvalue weighted by Crippen LogP contribution is 2.35. The fraction of sp³-hybridized carbons (Fsp3) is 0. The van der Waals surface area contributed by atoms with E-state index in [-0.39, 0.29) is 16.7 Å². The summed E-state index contributed by atoms with van der Waals surface area (Å²) in [5.74, 6) is -1.40. The van der Waals surface area contributed by atoms with Gasteiger partial charge in [-0.05, 0) is 17.2 Å². The molecule has 0 saturated heterocycles. The molecule has 0 aliphatic heterocycles. The van der Waals surface area contributed by atoms with E-state index in [0.29, 0.717) is 5.56 Å². The SMILES string of the molecule is O=c1c(O)c(-c2ccc(-c3ccccc3)cc2)oc2cc(O)c(O)cc12. The van der Waals surface area contributed by atoms with Gasteiger partial charge >= 0.3 is 0 Å². The van der Waals surface area contributed by atoms with E-state index in [2.05, 4.69) is 0 Å². The first kappa shape index (κ1) is 15.8. The van der Waals surface area contributed by atoms with E-state index in [1.807, 2.05) is 42.5 Å². The van der Waals surface area contributed by atoms with Crippen molar-refractivity contribution in [2.24, 2.45) is 0 Å². The van der Waals surface area contributed by atoms with Crippen molar-refractivity contribution < 1.29 is 19.7 Å². The lowest BCUT2D eigenvalue weighted by Gasteiger charge is -2.08. The standard InChI is InChI=1S/C21H14O5/c22-16-10-15-18(11-17(16)23)26-21(20(25)19(15)24)14-8-6-13(7-9-14)12-4-2-1-3-5-12/h1-11,22-23,25H. The summed E-state index contributed by atoms with van der Waals surface area (Å²) in [4.78, 5) is 12.4. The van der Waals surface area contributed by atoms with Crippen LogP contribution in [-0.2, 0) is 0 Å². The molecule has 1 heterocycles. The highest BCUT2D eigenvalue weighted by molar-refractivity contribution is 5.85. The molecule has 0 saturated carbocycles. The Kier molecular flexibility index (Phi) is 3.62. The molecule has 128 valence electrons. The smallest absolute Gasteiger partial charge is 0.235 e. The molecule has 0 spiro atoms. The molecular weight excluding hydrogens is 332 g/mol. The van der Waals surface area contributed by atoms with Gasteiger partial charge in [0.1, 0.15) is 5.58 Å². The molecule has 4 aromatic rings. The van der Waals surface area contributed by atoms with Crippen molar-refractivity contribution in [3.05, 3.63) is 77.0 Å². The zero-order chi connectivity index (χ0) is 18.3. The quantitative estimate of drug-likeness (QED) is 0.472. The summed E-state index contributed by atoms with van der Waals surface area (Å²) in [6.07, 6.45) is 0. The zero-order valence-electron chi connectivity index (χ0n) is 13.5. The Morgan fingerprint density at radius 3 is 1.96 bits per heavy atom. The minimum atomic E-state index is -0.677. The second kappa shape index (κ2) is 5.97. The van der Waals surface area contributed by atoms with E-state index in [4.69, 9.17) is 4.42 Å². The highest BCUT2D eigenvalue weighted by atomic mass is 16.4.